The van der Waals surface area contributed by atoms with Crippen LogP contribution in [0.4, 0.5) is 4.39 Å². The molecule has 0 aliphatic rings. The second-order valence-electron chi connectivity index (χ2n) is 2.38. The van der Waals surface area contributed by atoms with Crippen LogP contribution in [-0.4, -0.2) is 12.8 Å². The molecule has 0 bridgehead atoms. The van der Waals surface area contributed by atoms with Gasteiger partial charge in [-0.15, -0.1) is 0 Å². The van der Waals surface area contributed by atoms with Gasteiger partial charge in [-0.05, 0) is 6.92 Å². The number of hydrogen-bond acceptors (Lipinski definition) is 1. The average Bonchev–Trinajstić information content (AvgIpc) is 1.95. The summed E-state index contributed by atoms with van der Waals surface area (Å²) >= 11 is 0. The molecule has 52 valence electrons. The highest BCUT2D eigenvalue weighted by molar-refractivity contribution is 6.33. The van der Waals surface area contributed by atoms with E-state index in [1.54, 1.807) is 6.20 Å². The van der Waals surface area contributed by atoms with Crippen molar-refractivity contribution in [3.05, 3.63) is 23.5 Å². The Kier molecular flexibility index (Phi) is 2.04. The highest BCUT2D eigenvalue weighted by Gasteiger charge is 1.95. The number of alkyl halides is 1. The summed E-state index contributed by atoms with van der Waals surface area (Å²) in [6.45, 7) is 1.49. The minimum absolute atomic E-state index is 0.422. The predicted molar refractivity (Wildman–Crippen MR) is 42.0 cm³/mol. The smallest absolute Gasteiger partial charge is 0.141 e. The van der Waals surface area contributed by atoms with Crippen LogP contribution in [0.5, 0.6) is 0 Å². The number of halogens is 1. The molecule has 0 fully saturated rings. The van der Waals surface area contributed by atoms with Crippen LogP contribution in [0.1, 0.15) is 11.3 Å². The van der Waals surface area contributed by atoms with Crippen molar-refractivity contribution in [3.63, 3.8) is 0 Å². The first-order chi connectivity index (χ1) is 4.74. The quantitative estimate of drug-likeness (QED) is 0.501. The van der Waals surface area contributed by atoms with Gasteiger partial charge in [-0.3, -0.25) is 4.98 Å². The van der Waals surface area contributed by atoms with Crippen LogP contribution in [0.15, 0.2) is 12.3 Å². The fourth-order valence-corrected chi connectivity index (χ4v) is 0.774. The Labute approximate surface area is 60.7 Å². The molecule has 0 atom stereocenters. The molecular weight excluding hydrogens is 128 g/mol. The predicted octanol–water partition coefficient (Wildman–Crippen LogP) is 0.118. The molecule has 1 rings (SSSR count). The van der Waals surface area contributed by atoms with E-state index in [2.05, 4.69) is 4.98 Å². The molecule has 0 saturated heterocycles. The maximum Gasteiger partial charge on any atom is 0.141 e. The zero-order valence-corrected chi connectivity index (χ0v) is 6.19. The number of aromatic nitrogens is 1. The van der Waals surface area contributed by atoms with Gasteiger partial charge >= 0.3 is 0 Å². The second-order valence-corrected chi connectivity index (χ2v) is 2.38. The van der Waals surface area contributed by atoms with Gasteiger partial charge < -0.3 is 0 Å². The summed E-state index contributed by atoms with van der Waals surface area (Å²) in [6.07, 6.45) is 1.57. The lowest BCUT2D eigenvalue weighted by molar-refractivity contribution is 0.484. The number of pyridine rings is 1. The summed E-state index contributed by atoms with van der Waals surface area (Å²) < 4.78 is 12.0. The van der Waals surface area contributed by atoms with E-state index in [4.69, 9.17) is 0 Å². The highest BCUT2D eigenvalue weighted by atomic mass is 19.1. The van der Waals surface area contributed by atoms with Crippen LogP contribution in [-0.2, 0) is 6.67 Å². The summed E-state index contributed by atoms with van der Waals surface area (Å²) in [5.74, 6) is 0. The monoisotopic (exact) mass is 137 g/mol. The highest BCUT2D eigenvalue weighted by Crippen LogP contribution is 1.97. The molecule has 0 aliphatic heterocycles. The first kappa shape index (κ1) is 7.25. The summed E-state index contributed by atoms with van der Waals surface area (Å²) in [5.41, 5.74) is 2.68. The Morgan fingerprint density at radius 3 is 2.90 bits per heavy atom. The molecule has 0 N–H and O–H groups in total. The molecule has 1 aromatic rings. The molecule has 3 heteroatoms. The van der Waals surface area contributed by atoms with Gasteiger partial charge in [0, 0.05) is 17.5 Å². The van der Waals surface area contributed by atoms with Crippen LogP contribution < -0.4 is 5.46 Å². The van der Waals surface area contributed by atoms with Crippen molar-refractivity contribution in [2.24, 2.45) is 0 Å². The van der Waals surface area contributed by atoms with Crippen LogP contribution >= 0.6 is 0 Å². The van der Waals surface area contributed by atoms with Crippen LogP contribution in [0.25, 0.3) is 0 Å². The molecule has 10 heavy (non-hydrogen) atoms. The number of rotatable bonds is 1. The molecule has 0 spiro atoms. The summed E-state index contributed by atoms with van der Waals surface area (Å²) in [7, 11) is 1.93. The van der Waals surface area contributed by atoms with E-state index in [-0.39, 0.29) is 0 Å². The van der Waals surface area contributed by atoms with E-state index in [1.807, 2.05) is 20.8 Å². The average molecular weight is 137 g/mol. The van der Waals surface area contributed by atoms with Gasteiger partial charge in [-0.2, -0.15) is 0 Å². The van der Waals surface area contributed by atoms with Gasteiger partial charge in [-0.1, -0.05) is 11.5 Å². The van der Waals surface area contributed by atoms with Crippen molar-refractivity contribution < 1.29 is 4.39 Å². The normalized spacial score (nSPS) is 9.80. The van der Waals surface area contributed by atoms with Gasteiger partial charge in [0.1, 0.15) is 14.5 Å². The molecule has 1 nitrogen and oxygen atoms in total. The van der Waals surface area contributed by atoms with Crippen molar-refractivity contribution in [2.45, 2.75) is 13.6 Å². The Hall–Kier alpha value is -0.855. The lowest BCUT2D eigenvalue weighted by Gasteiger charge is -1.99. The number of nitrogens with zero attached hydrogens (tertiary/aromatic N) is 1. The zero-order chi connectivity index (χ0) is 7.56. The van der Waals surface area contributed by atoms with E-state index in [0.29, 0.717) is 5.56 Å². The van der Waals surface area contributed by atoms with E-state index < -0.39 is 6.67 Å². The molecule has 0 aromatic carbocycles. The van der Waals surface area contributed by atoms with Crippen molar-refractivity contribution in [1.82, 2.24) is 4.98 Å². The van der Waals surface area contributed by atoms with Crippen LogP contribution in [0.2, 0.25) is 0 Å². The molecule has 0 amide bonds. The fourth-order valence-electron chi connectivity index (χ4n) is 0.774. The minimum Gasteiger partial charge on any atom is -0.262 e. The third-order valence-corrected chi connectivity index (χ3v) is 1.55. The first-order valence-electron chi connectivity index (χ1n) is 3.22. The van der Waals surface area contributed by atoms with E-state index in [1.165, 1.54) is 0 Å². The number of aryl methyl sites for hydroxylation is 1. The van der Waals surface area contributed by atoms with E-state index in [0.717, 1.165) is 11.2 Å². The van der Waals surface area contributed by atoms with Gasteiger partial charge in [0.05, 0.1) is 0 Å². The Morgan fingerprint density at radius 2 is 2.40 bits per heavy atom. The maximum absolute atomic E-state index is 12.0. The third kappa shape index (κ3) is 1.35. The molecular formula is C7H9BFN. The Bertz CT molecular complexity index is 237. The number of hydrogen-bond donors (Lipinski definition) is 0. The maximum atomic E-state index is 12.0. The standard InChI is InChI=1S/C7H9BFN/c1-5-7(8)2-6(3-9)4-10-5/h2,4H,3,8H2,1H3. The molecule has 0 saturated carbocycles. The van der Waals surface area contributed by atoms with Crippen molar-refractivity contribution in [1.29, 1.82) is 0 Å². The summed E-state index contributed by atoms with van der Waals surface area (Å²) in [5, 5.41) is 0. The second kappa shape index (κ2) is 2.82. The Balaban J connectivity index is 3.04. The fraction of sp³-hybridized carbons (Fsp3) is 0.286. The molecule has 0 aliphatic carbocycles. The van der Waals surface area contributed by atoms with Crippen LogP contribution in [0, 0.1) is 6.92 Å². The van der Waals surface area contributed by atoms with Crippen LogP contribution in [0.3, 0.4) is 0 Å². The first-order valence-corrected chi connectivity index (χ1v) is 3.22. The van der Waals surface area contributed by atoms with Crippen molar-refractivity contribution >= 4 is 13.3 Å². The van der Waals surface area contributed by atoms with Gasteiger partial charge in [0.2, 0.25) is 0 Å². The topological polar surface area (TPSA) is 12.9 Å². The summed E-state index contributed by atoms with van der Waals surface area (Å²) in [4.78, 5) is 4.01. The minimum atomic E-state index is -0.422. The molecule has 0 unspecified atom stereocenters. The Morgan fingerprint density at radius 1 is 1.70 bits per heavy atom. The summed E-state index contributed by atoms with van der Waals surface area (Å²) in [6, 6.07) is 1.82. The van der Waals surface area contributed by atoms with Crippen molar-refractivity contribution in [2.75, 3.05) is 0 Å². The largest absolute Gasteiger partial charge is 0.262 e. The van der Waals surface area contributed by atoms with Gasteiger partial charge in [0.25, 0.3) is 0 Å². The van der Waals surface area contributed by atoms with E-state index in [9.17, 15) is 4.39 Å². The lowest BCUT2D eigenvalue weighted by Crippen LogP contribution is -2.09. The molecule has 0 radical (unpaired) electrons. The lowest BCUT2D eigenvalue weighted by atomic mass is 9.94. The van der Waals surface area contributed by atoms with Gasteiger partial charge in [-0.25, -0.2) is 4.39 Å². The zero-order valence-electron chi connectivity index (χ0n) is 6.19. The van der Waals surface area contributed by atoms with Gasteiger partial charge in [0.15, 0.2) is 0 Å². The molecule has 1 heterocycles. The van der Waals surface area contributed by atoms with Crippen molar-refractivity contribution in [3.8, 4) is 0 Å². The molecule has 1 aromatic heterocycles. The SMILES string of the molecule is Bc1cc(CF)cnc1C. The van der Waals surface area contributed by atoms with E-state index >= 15 is 0 Å². The third-order valence-electron chi connectivity index (χ3n) is 1.55.